The highest BCUT2D eigenvalue weighted by molar-refractivity contribution is 7.80. The van der Waals surface area contributed by atoms with E-state index in [2.05, 4.69) is 12.6 Å². The molecule has 2 fully saturated rings. The van der Waals surface area contributed by atoms with Crippen molar-refractivity contribution < 1.29 is 9.59 Å². The number of rotatable bonds is 1. The lowest BCUT2D eigenvalue weighted by atomic mass is 10.1. The van der Waals surface area contributed by atoms with Gasteiger partial charge in [0, 0.05) is 42.6 Å². The van der Waals surface area contributed by atoms with Crippen molar-refractivity contribution in [3.05, 3.63) is 29.8 Å². The second-order valence-corrected chi connectivity index (χ2v) is 5.60. The minimum Gasteiger partial charge on any atom is -0.336 e. The number of hydrogen-bond donors (Lipinski definition) is 1. The van der Waals surface area contributed by atoms with Crippen molar-refractivity contribution in [3.63, 3.8) is 0 Å². The summed E-state index contributed by atoms with van der Waals surface area (Å²) in [5.74, 6) is 0.268. The molecule has 2 amide bonds. The quantitative estimate of drug-likeness (QED) is 0.788. The number of carbonyl (C=O) groups is 2. The molecule has 2 aliphatic heterocycles. The maximum Gasteiger partial charge on any atom is 0.254 e. The fourth-order valence-electron chi connectivity index (χ4n) is 2.87. The molecule has 0 aliphatic carbocycles. The lowest BCUT2D eigenvalue weighted by molar-refractivity contribution is -0.130. The van der Waals surface area contributed by atoms with E-state index in [1.807, 2.05) is 28.0 Å². The number of amides is 2. The summed E-state index contributed by atoms with van der Waals surface area (Å²) in [6.45, 7) is 1.94. The largest absolute Gasteiger partial charge is 0.336 e. The van der Waals surface area contributed by atoms with Gasteiger partial charge in [0.25, 0.3) is 5.91 Å². The van der Waals surface area contributed by atoms with E-state index in [1.165, 1.54) is 0 Å². The third kappa shape index (κ3) is 2.34. The van der Waals surface area contributed by atoms with Crippen molar-refractivity contribution in [2.75, 3.05) is 19.6 Å². The van der Waals surface area contributed by atoms with Crippen LogP contribution >= 0.6 is 12.6 Å². The zero-order chi connectivity index (χ0) is 13.4. The maximum atomic E-state index is 12.4. The van der Waals surface area contributed by atoms with Gasteiger partial charge >= 0.3 is 0 Å². The zero-order valence-corrected chi connectivity index (χ0v) is 11.5. The van der Waals surface area contributed by atoms with Gasteiger partial charge in [-0.25, -0.2) is 0 Å². The van der Waals surface area contributed by atoms with Crippen LogP contribution in [-0.4, -0.2) is 47.3 Å². The Kier molecular flexibility index (Phi) is 3.22. The van der Waals surface area contributed by atoms with E-state index in [-0.39, 0.29) is 17.9 Å². The number of nitrogens with zero attached hydrogens (tertiary/aromatic N) is 2. The summed E-state index contributed by atoms with van der Waals surface area (Å²) in [7, 11) is 0. The molecule has 1 unspecified atom stereocenters. The van der Waals surface area contributed by atoms with Crippen LogP contribution in [0.5, 0.6) is 0 Å². The van der Waals surface area contributed by atoms with Crippen LogP contribution in [0.4, 0.5) is 0 Å². The van der Waals surface area contributed by atoms with E-state index in [1.54, 1.807) is 6.07 Å². The molecular weight excluding hydrogens is 260 g/mol. The fraction of sp³-hybridized carbons (Fsp3) is 0.429. The molecule has 0 radical (unpaired) electrons. The van der Waals surface area contributed by atoms with Gasteiger partial charge in [-0.05, 0) is 24.6 Å². The SMILES string of the molecule is O=C(c1cccc(S)c1)N1CCN2C(=O)CCC2C1. The molecular formula is C14H16N2O2S. The zero-order valence-electron chi connectivity index (χ0n) is 10.6. The van der Waals surface area contributed by atoms with Crippen LogP contribution in [0.15, 0.2) is 29.2 Å². The van der Waals surface area contributed by atoms with E-state index in [0.717, 1.165) is 11.3 Å². The molecule has 1 aromatic carbocycles. The number of piperazine rings is 1. The van der Waals surface area contributed by atoms with Gasteiger partial charge in [0.1, 0.15) is 0 Å². The van der Waals surface area contributed by atoms with E-state index >= 15 is 0 Å². The molecule has 100 valence electrons. The van der Waals surface area contributed by atoms with Gasteiger partial charge < -0.3 is 9.80 Å². The first-order chi connectivity index (χ1) is 9.15. The number of hydrogen-bond acceptors (Lipinski definition) is 3. The Morgan fingerprint density at radius 3 is 2.95 bits per heavy atom. The van der Waals surface area contributed by atoms with Crippen LogP contribution in [0.3, 0.4) is 0 Å². The first-order valence-corrected chi connectivity index (χ1v) is 6.97. The van der Waals surface area contributed by atoms with E-state index in [9.17, 15) is 9.59 Å². The third-order valence-electron chi connectivity index (χ3n) is 3.87. The Balaban J connectivity index is 1.74. The predicted octanol–water partition coefficient (Wildman–Crippen LogP) is 1.42. The van der Waals surface area contributed by atoms with Gasteiger partial charge in [-0.15, -0.1) is 12.6 Å². The van der Waals surface area contributed by atoms with Gasteiger partial charge in [-0.2, -0.15) is 0 Å². The van der Waals surface area contributed by atoms with Crippen LogP contribution in [-0.2, 0) is 4.79 Å². The van der Waals surface area contributed by atoms with Crippen molar-refractivity contribution in [2.45, 2.75) is 23.8 Å². The molecule has 1 aromatic rings. The number of carbonyl (C=O) groups excluding carboxylic acids is 2. The average molecular weight is 276 g/mol. The second kappa shape index (κ2) is 4.89. The molecule has 0 aromatic heterocycles. The first-order valence-electron chi connectivity index (χ1n) is 6.53. The van der Waals surface area contributed by atoms with Crippen molar-refractivity contribution in [2.24, 2.45) is 0 Å². The first kappa shape index (κ1) is 12.5. The summed E-state index contributed by atoms with van der Waals surface area (Å²) in [4.78, 5) is 28.6. The smallest absolute Gasteiger partial charge is 0.254 e. The summed E-state index contributed by atoms with van der Waals surface area (Å²) in [5.41, 5.74) is 0.672. The average Bonchev–Trinajstić information content (AvgIpc) is 2.79. The lowest BCUT2D eigenvalue weighted by Gasteiger charge is -2.37. The summed E-state index contributed by atoms with van der Waals surface area (Å²) in [5, 5.41) is 0. The molecule has 19 heavy (non-hydrogen) atoms. The monoisotopic (exact) mass is 276 g/mol. The highest BCUT2D eigenvalue weighted by Crippen LogP contribution is 2.24. The minimum atomic E-state index is 0.0369. The molecule has 0 bridgehead atoms. The Hall–Kier alpha value is -1.49. The van der Waals surface area contributed by atoms with Crippen molar-refractivity contribution >= 4 is 24.4 Å². The molecule has 0 saturated carbocycles. The number of fused-ring (bicyclic) bond motifs is 1. The second-order valence-electron chi connectivity index (χ2n) is 5.08. The van der Waals surface area contributed by atoms with Crippen LogP contribution in [0.1, 0.15) is 23.2 Å². The van der Waals surface area contributed by atoms with E-state index in [0.29, 0.717) is 31.6 Å². The van der Waals surface area contributed by atoms with Gasteiger partial charge in [0.15, 0.2) is 0 Å². The molecule has 5 heteroatoms. The molecule has 2 saturated heterocycles. The summed E-state index contributed by atoms with van der Waals surface area (Å²) in [6, 6.07) is 7.51. The molecule has 0 N–H and O–H groups in total. The fourth-order valence-corrected chi connectivity index (χ4v) is 3.10. The molecule has 2 aliphatic rings. The Morgan fingerprint density at radius 2 is 2.16 bits per heavy atom. The molecule has 3 rings (SSSR count). The maximum absolute atomic E-state index is 12.4. The normalized spacial score (nSPS) is 22.6. The van der Waals surface area contributed by atoms with Crippen LogP contribution in [0.25, 0.3) is 0 Å². The van der Waals surface area contributed by atoms with Gasteiger partial charge in [0.2, 0.25) is 5.91 Å². The van der Waals surface area contributed by atoms with Crippen molar-refractivity contribution in [1.29, 1.82) is 0 Å². The highest BCUT2D eigenvalue weighted by atomic mass is 32.1. The van der Waals surface area contributed by atoms with Crippen LogP contribution < -0.4 is 0 Å². The van der Waals surface area contributed by atoms with Crippen LogP contribution in [0, 0.1) is 0 Å². The molecule has 1 atom stereocenters. The van der Waals surface area contributed by atoms with E-state index in [4.69, 9.17) is 0 Å². The summed E-state index contributed by atoms with van der Waals surface area (Å²) >= 11 is 4.26. The Morgan fingerprint density at radius 1 is 1.32 bits per heavy atom. The summed E-state index contributed by atoms with van der Waals surface area (Å²) in [6.07, 6.45) is 1.49. The Bertz CT molecular complexity index is 532. The molecule has 0 spiro atoms. The van der Waals surface area contributed by atoms with E-state index < -0.39 is 0 Å². The van der Waals surface area contributed by atoms with Crippen molar-refractivity contribution in [3.8, 4) is 0 Å². The Labute approximate surface area is 117 Å². The number of benzene rings is 1. The molecule has 2 heterocycles. The van der Waals surface area contributed by atoms with Crippen molar-refractivity contribution in [1.82, 2.24) is 9.80 Å². The lowest BCUT2D eigenvalue weighted by Crippen LogP contribution is -2.53. The predicted molar refractivity (Wildman–Crippen MR) is 74.3 cm³/mol. The third-order valence-corrected chi connectivity index (χ3v) is 4.15. The molecule has 4 nitrogen and oxygen atoms in total. The van der Waals surface area contributed by atoms with Gasteiger partial charge in [-0.3, -0.25) is 9.59 Å². The van der Waals surface area contributed by atoms with Crippen LogP contribution in [0.2, 0.25) is 0 Å². The minimum absolute atomic E-state index is 0.0369. The highest BCUT2D eigenvalue weighted by Gasteiger charge is 2.36. The van der Waals surface area contributed by atoms with Gasteiger partial charge in [-0.1, -0.05) is 6.07 Å². The number of thiol groups is 1. The standard InChI is InChI=1S/C14H16N2O2S/c17-13-5-4-11-9-15(6-7-16(11)13)14(18)10-2-1-3-12(19)8-10/h1-3,8,11,19H,4-7,9H2. The van der Waals surface area contributed by atoms with Gasteiger partial charge in [0.05, 0.1) is 0 Å². The topological polar surface area (TPSA) is 40.6 Å². The summed E-state index contributed by atoms with van der Waals surface area (Å²) < 4.78 is 0.